The van der Waals surface area contributed by atoms with Crippen molar-refractivity contribution in [2.75, 3.05) is 5.33 Å². The van der Waals surface area contributed by atoms with Crippen molar-refractivity contribution in [3.05, 3.63) is 28.1 Å². The lowest BCUT2D eigenvalue weighted by Gasteiger charge is -2.18. The predicted octanol–water partition coefficient (Wildman–Crippen LogP) is 2.23. The molecule has 1 aliphatic carbocycles. The van der Waals surface area contributed by atoms with Gasteiger partial charge in [-0.3, -0.25) is 14.9 Å². The van der Waals surface area contributed by atoms with Crippen molar-refractivity contribution in [2.24, 2.45) is 13.0 Å². The summed E-state index contributed by atoms with van der Waals surface area (Å²) in [5, 5.41) is 14.5. The van der Waals surface area contributed by atoms with Gasteiger partial charge >= 0.3 is 0 Å². The monoisotopic (exact) mass is 329 g/mol. The van der Waals surface area contributed by atoms with Gasteiger partial charge in [-0.2, -0.15) is 0 Å². The van der Waals surface area contributed by atoms with Crippen molar-refractivity contribution in [3.63, 3.8) is 0 Å². The third-order valence-corrected chi connectivity index (χ3v) is 4.44. The Labute approximate surface area is 119 Å². The molecule has 0 bridgehead atoms. The van der Waals surface area contributed by atoms with E-state index in [0.29, 0.717) is 11.6 Å². The smallest absolute Gasteiger partial charge is 0.287 e. The highest BCUT2D eigenvalue weighted by Crippen LogP contribution is 2.27. The Bertz CT molecular complexity index is 500. The van der Waals surface area contributed by atoms with Crippen molar-refractivity contribution >= 4 is 27.5 Å². The molecule has 7 heteroatoms. The fraction of sp³-hybridized carbons (Fsp3) is 0.583. The number of nitrogens with zero attached hydrogens (tertiary/aromatic N) is 2. The summed E-state index contributed by atoms with van der Waals surface area (Å²) >= 11 is 3.45. The number of hydrogen-bond donors (Lipinski definition) is 1. The van der Waals surface area contributed by atoms with Crippen LogP contribution in [-0.2, 0) is 7.05 Å². The van der Waals surface area contributed by atoms with Crippen LogP contribution in [0.1, 0.15) is 29.8 Å². The molecule has 1 aromatic heterocycles. The van der Waals surface area contributed by atoms with Gasteiger partial charge in [-0.25, -0.2) is 0 Å². The molecule has 19 heavy (non-hydrogen) atoms. The van der Waals surface area contributed by atoms with Crippen molar-refractivity contribution < 1.29 is 9.72 Å². The number of nitrogens with one attached hydrogen (secondary N) is 1. The molecule has 1 fully saturated rings. The lowest BCUT2D eigenvalue weighted by atomic mass is 10.1. The number of carbonyl (C=O) groups is 1. The second-order valence-electron chi connectivity index (χ2n) is 4.88. The van der Waals surface area contributed by atoms with Crippen LogP contribution < -0.4 is 5.32 Å². The molecule has 1 aromatic rings. The van der Waals surface area contributed by atoms with Crippen molar-refractivity contribution in [3.8, 4) is 0 Å². The van der Waals surface area contributed by atoms with Crippen LogP contribution in [0.4, 0.5) is 5.69 Å². The normalized spacial score (nSPS) is 22.4. The van der Waals surface area contributed by atoms with E-state index in [1.807, 2.05) is 0 Å². The van der Waals surface area contributed by atoms with Crippen LogP contribution in [0.15, 0.2) is 12.3 Å². The number of amides is 1. The van der Waals surface area contributed by atoms with E-state index < -0.39 is 4.92 Å². The van der Waals surface area contributed by atoms with E-state index in [2.05, 4.69) is 21.2 Å². The van der Waals surface area contributed by atoms with E-state index in [1.165, 1.54) is 16.8 Å². The van der Waals surface area contributed by atoms with Crippen LogP contribution in [0.5, 0.6) is 0 Å². The molecule has 1 N–H and O–H groups in total. The van der Waals surface area contributed by atoms with Gasteiger partial charge in [0.25, 0.3) is 11.6 Å². The van der Waals surface area contributed by atoms with Gasteiger partial charge in [-0.1, -0.05) is 22.4 Å². The van der Waals surface area contributed by atoms with Gasteiger partial charge in [0.05, 0.1) is 11.1 Å². The van der Waals surface area contributed by atoms with E-state index >= 15 is 0 Å². The maximum absolute atomic E-state index is 12.1. The molecule has 0 aliphatic heterocycles. The standard InChI is InChI=1S/C12H16BrN3O3/c1-15-7-9(16(18)19)5-11(15)12(17)14-10-4-2-3-8(10)6-13/h5,7-8,10H,2-4,6H2,1H3,(H,14,17). The minimum atomic E-state index is -0.492. The van der Waals surface area contributed by atoms with Gasteiger partial charge < -0.3 is 9.88 Å². The molecule has 6 nitrogen and oxygen atoms in total. The van der Waals surface area contributed by atoms with Gasteiger partial charge in [0.2, 0.25) is 0 Å². The van der Waals surface area contributed by atoms with Gasteiger partial charge in [0, 0.05) is 24.5 Å². The van der Waals surface area contributed by atoms with Gasteiger partial charge in [-0.15, -0.1) is 0 Å². The first kappa shape index (κ1) is 14.0. The van der Waals surface area contributed by atoms with E-state index in [9.17, 15) is 14.9 Å². The second-order valence-corrected chi connectivity index (χ2v) is 5.52. The SMILES string of the molecule is Cn1cc([N+](=O)[O-])cc1C(=O)NC1CCCC1CBr. The van der Waals surface area contributed by atoms with Crippen LogP contribution in [0.3, 0.4) is 0 Å². The predicted molar refractivity (Wildman–Crippen MR) is 74.5 cm³/mol. The summed E-state index contributed by atoms with van der Waals surface area (Å²) in [6, 6.07) is 1.47. The van der Waals surface area contributed by atoms with Crippen LogP contribution in [0.25, 0.3) is 0 Å². The molecule has 1 saturated carbocycles. The summed E-state index contributed by atoms with van der Waals surface area (Å²) in [5.74, 6) is 0.202. The van der Waals surface area contributed by atoms with Crippen molar-refractivity contribution in [2.45, 2.75) is 25.3 Å². The summed E-state index contributed by atoms with van der Waals surface area (Å²) in [5.41, 5.74) is 0.267. The fourth-order valence-electron chi connectivity index (χ4n) is 2.53. The average molecular weight is 330 g/mol. The molecule has 0 aromatic carbocycles. The molecule has 2 atom stereocenters. The van der Waals surface area contributed by atoms with Crippen molar-refractivity contribution in [1.82, 2.24) is 9.88 Å². The molecule has 0 saturated heterocycles. The van der Waals surface area contributed by atoms with Crippen LogP contribution in [0, 0.1) is 16.0 Å². The Morgan fingerprint density at radius 2 is 2.37 bits per heavy atom. The number of hydrogen-bond acceptors (Lipinski definition) is 3. The van der Waals surface area contributed by atoms with E-state index in [-0.39, 0.29) is 17.6 Å². The Morgan fingerprint density at radius 3 is 2.95 bits per heavy atom. The minimum Gasteiger partial charge on any atom is -0.348 e. The molecule has 1 heterocycles. The largest absolute Gasteiger partial charge is 0.348 e. The first-order valence-corrected chi connectivity index (χ1v) is 7.32. The summed E-state index contributed by atoms with van der Waals surface area (Å²) in [4.78, 5) is 22.3. The number of carbonyl (C=O) groups excluding carboxylic acids is 1. The topological polar surface area (TPSA) is 77.2 Å². The van der Waals surface area contributed by atoms with Crippen LogP contribution >= 0.6 is 15.9 Å². The van der Waals surface area contributed by atoms with E-state index in [0.717, 1.165) is 24.6 Å². The number of alkyl halides is 1. The Hall–Kier alpha value is -1.37. The minimum absolute atomic E-state index is 0.0592. The summed E-state index contributed by atoms with van der Waals surface area (Å²) < 4.78 is 1.49. The molecule has 1 aliphatic rings. The number of aromatic nitrogens is 1. The Balaban J connectivity index is 2.09. The first-order valence-electron chi connectivity index (χ1n) is 6.20. The molecular weight excluding hydrogens is 314 g/mol. The number of nitro groups is 1. The van der Waals surface area contributed by atoms with Gasteiger partial charge in [-0.05, 0) is 18.8 Å². The second kappa shape index (κ2) is 5.73. The Morgan fingerprint density at radius 1 is 1.63 bits per heavy atom. The summed E-state index contributed by atoms with van der Waals surface area (Å²) in [6.45, 7) is 0. The quantitative estimate of drug-likeness (QED) is 0.522. The highest BCUT2D eigenvalue weighted by molar-refractivity contribution is 9.09. The highest BCUT2D eigenvalue weighted by Gasteiger charge is 2.29. The molecule has 0 spiro atoms. The number of rotatable bonds is 4. The Kier molecular flexibility index (Phi) is 4.24. The van der Waals surface area contributed by atoms with E-state index in [1.54, 1.807) is 7.05 Å². The third-order valence-electron chi connectivity index (χ3n) is 3.61. The molecular formula is C12H16BrN3O3. The number of halogens is 1. The van der Waals surface area contributed by atoms with Crippen LogP contribution in [0.2, 0.25) is 0 Å². The average Bonchev–Trinajstić information content (AvgIpc) is 2.95. The third kappa shape index (κ3) is 2.97. The summed E-state index contributed by atoms with van der Waals surface area (Å²) in [6.07, 6.45) is 4.53. The van der Waals surface area contributed by atoms with Crippen molar-refractivity contribution in [1.29, 1.82) is 0 Å². The number of aryl methyl sites for hydroxylation is 1. The lowest BCUT2D eigenvalue weighted by Crippen LogP contribution is -2.38. The fourth-order valence-corrected chi connectivity index (χ4v) is 3.30. The molecule has 2 rings (SSSR count). The molecule has 104 valence electrons. The van der Waals surface area contributed by atoms with Gasteiger partial charge in [0.15, 0.2) is 0 Å². The molecule has 2 unspecified atom stereocenters. The maximum atomic E-state index is 12.1. The molecule has 1 amide bonds. The zero-order chi connectivity index (χ0) is 14.0. The lowest BCUT2D eigenvalue weighted by molar-refractivity contribution is -0.384. The van der Waals surface area contributed by atoms with Crippen LogP contribution in [-0.4, -0.2) is 26.8 Å². The zero-order valence-corrected chi connectivity index (χ0v) is 12.2. The highest BCUT2D eigenvalue weighted by atomic mass is 79.9. The van der Waals surface area contributed by atoms with Gasteiger partial charge in [0.1, 0.15) is 5.69 Å². The molecule has 0 radical (unpaired) electrons. The van der Waals surface area contributed by atoms with E-state index in [4.69, 9.17) is 0 Å². The summed E-state index contributed by atoms with van der Waals surface area (Å²) in [7, 11) is 1.64. The maximum Gasteiger partial charge on any atom is 0.287 e. The first-order chi connectivity index (χ1) is 9.02. The zero-order valence-electron chi connectivity index (χ0n) is 10.6.